The SMILES string of the molecule is Cc1ccc2c(c1)c1c3n2CC(c2ccc(C(=O)NC4CC4)o2)=CC3CN(C)C1. The number of allylic oxidation sites excluding steroid dienone is 1. The number of amides is 1. The molecular formula is C24H25N3O2. The summed E-state index contributed by atoms with van der Waals surface area (Å²) in [5, 5.41) is 4.38. The maximum Gasteiger partial charge on any atom is 0.287 e. The minimum atomic E-state index is -0.0996. The highest BCUT2D eigenvalue weighted by atomic mass is 16.4. The Morgan fingerprint density at radius 2 is 2.03 bits per heavy atom. The maximum absolute atomic E-state index is 12.3. The Labute approximate surface area is 170 Å². The highest BCUT2D eigenvalue weighted by molar-refractivity contribution is 5.92. The van der Waals surface area contributed by atoms with E-state index in [0.29, 0.717) is 17.7 Å². The number of hydrogen-bond donors (Lipinski definition) is 1. The van der Waals surface area contributed by atoms with Crippen LogP contribution in [-0.4, -0.2) is 35.0 Å². The topological polar surface area (TPSA) is 50.4 Å². The summed E-state index contributed by atoms with van der Waals surface area (Å²) in [5.41, 5.74) is 6.66. The van der Waals surface area contributed by atoms with Crippen LogP contribution in [0.5, 0.6) is 0 Å². The Morgan fingerprint density at radius 1 is 1.17 bits per heavy atom. The smallest absolute Gasteiger partial charge is 0.287 e. The molecule has 1 unspecified atom stereocenters. The summed E-state index contributed by atoms with van der Waals surface area (Å²) in [6.07, 6.45) is 4.50. The fourth-order valence-corrected chi connectivity index (χ4v) is 4.95. The Morgan fingerprint density at radius 3 is 2.86 bits per heavy atom. The van der Waals surface area contributed by atoms with Crippen molar-refractivity contribution in [2.75, 3.05) is 13.6 Å². The molecule has 5 nitrogen and oxygen atoms in total. The number of benzene rings is 1. The van der Waals surface area contributed by atoms with Crippen LogP contribution in [0.2, 0.25) is 0 Å². The van der Waals surface area contributed by atoms with Gasteiger partial charge in [-0.1, -0.05) is 17.7 Å². The predicted octanol–water partition coefficient (Wildman–Crippen LogP) is 4.06. The quantitative estimate of drug-likeness (QED) is 0.737. The molecule has 6 rings (SSSR count). The van der Waals surface area contributed by atoms with Crippen molar-refractivity contribution < 1.29 is 9.21 Å². The van der Waals surface area contributed by atoms with Gasteiger partial charge in [0, 0.05) is 47.2 Å². The van der Waals surface area contributed by atoms with Crippen LogP contribution in [0.3, 0.4) is 0 Å². The van der Waals surface area contributed by atoms with Crippen molar-refractivity contribution in [3.8, 4) is 0 Å². The predicted molar refractivity (Wildman–Crippen MR) is 113 cm³/mol. The molecule has 3 aromatic rings. The lowest BCUT2D eigenvalue weighted by Crippen LogP contribution is -2.32. The van der Waals surface area contributed by atoms with Crippen LogP contribution in [0.1, 0.15) is 51.9 Å². The third kappa shape index (κ3) is 2.76. The molecule has 4 heterocycles. The maximum atomic E-state index is 12.3. The largest absolute Gasteiger partial charge is 0.451 e. The lowest BCUT2D eigenvalue weighted by Gasteiger charge is -2.33. The molecule has 1 fully saturated rings. The summed E-state index contributed by atoms with van der Waals surface area (Å²) in [6.45, 7) is 4.94. The van der Waals surface area contributed by atoms with Gasteiger partial charge >= 0.3 is 0 Å². The second-order valence-electron chi connectivity index (χ2n) is 8.88. The molecule has 1 amide bonds. The number of rotatable bonds is 3. The zero-order valence-corrected chi connectivity index (χ0v) is 16.9. The first kappa shape index (κ1) is 17.1. The number of nitrogens with zero attached hydrogens (tertiary/aromatic N) is 2. The number of carbonyl (C=O) groups is 1. The normalized spacial score (nSPS) is 21.2. The monoisotopic (exact) mass is 387 g/mol. The van der Waals surface area contributed by atoms with E-state index in [1.54, 1.807) is 6.07 Å². The van der Waals surface area contributed by atoms with Gasteiger partial charge in [-0.15, -0.1) is 0 Å². The van der Waals surface area contributed by atoms with Crippen molar-refractivity contribution in [1.29, 1.82) is 0 Å². The molecule has 3 aliphatic rings. The summed E-state index contributed by atoms with van der Waals surface area (Å²) >= 11 is 0. The van der Waals surface area contributed by atoms with Gasteiger partial charge in [0.15, 0.2) is 5.76 Å². The van der Waals surface area contributed by atoms with Crippen LogP contribution in [0, 0.1) is 6.92 Å². The number of aryl methyl sites for hydroxylation is 1. The molecule has 2 aliphatic heterocycles. The van der Waals surface area contributed by atoms with Crippen LogP contribution >= 0.6 is 0 Å². The number of furan rings is 1. The Balaban J connectivity index is 1.41. The van der Waals surface area contributed by atoms with Crippen molar-refractivity contribution in [2.45, 2.75) is 44.8 Å². The number of nitrogens with one attached hydrogen (secondary N) is 1. The van der Waals surface area contributed by atoms with E-state index in [2.05, 4.69) is 53.0 Å². The molecule has 2 aromatic heterocycles. The van der Waals surface area contributed by atoms with E-state index in [9.17, 15) is 4.79 Å². The van der Waals surface area contributed by atoms with Crippen LogP contribution in [0.15, 0.2) is 40.8 Å². The fourth-order valence-electron chi connectivity index (χ4n) is 4.95. The van der Waals surface area contributed by atoms with Gasteiger partial charge in [0.2, 0.25) is 0 Å². The second-order valence-corrected chi connectivity index (χ2v) is 8.88. The molecular weight excluding hydrogens is 362 g/mol. The number of aromatic nitrogens is 1. The molecule has 148 valence electrons. The number of likely N-dealkylation sites (N-methyl/N-ethyl adjacent to an activating group) is 1. The van der Waals surface area contributed by atoms with E-state index < -0.39 is 0 Å². The van der Waals surface area contributed by atoms with Gasteiger partial charge in [-0.25, -0.2) is 0 Å². The van der Waals surface area contributed by atoms with E-state index in [1.807, 2.05) is 6.07 Å². The molecule has 1 N–H and O–H groups in total. The lowest BCUT2D eigenvalue weighted by molar-refractivity contribution is 0.0922. The van der Waals surface area contributed by atoms with Gasteiger partial charge in [0.25, 0.3) is 5.91 Å². The standard InChI is InChI=1S/C24H25N3O2/c1-14-3-6-20-18(9-14)19-13-26(2)11-16-10-15(12-27(20)23(16)19)21-7-8-22(29-21)24(28)25-17-4-5-17/h3,6-10,16-17H,4-5,11-13H2,1-2H3,(H,25,28). The minimum Gasteiger partial charge on any atom is -0.451 e. The Hall–Kier alpha value is -2.79. The van der Waals surface area contributed by atoms with E-state index in [4.69, 9.17) is 4.42 Å². The van der Waals surface area contributed by atoms with Crippen LogP contribution in [0.25, 0.3) is 16.5 Å². The molecule has 1 aliphatic carbocycles. The third-order valence-electron chi connectivity index (χ3n) is 6.45. The fraction of sp³-hybridized carbons (Fsp3) is 0.375. The van der Waals surface area contributed by atoms with E-state index in [-0.39, 0.29) is 5.91 Å². The molecule has 0 radical (unpaired) electrons. The van der Waals surface area contributed by atoms with E-state index in [1.165, 1.54) is 27.7 Å². The summed E-state index contributed by atoms with van der Waals surface area (Å²) in [5.74, 6) is 1.46. The average Bonchev–Trinajstić information content (AvgIpc) is 3.27. The summed E-state index contributed by atoms with van der Waals surface area (Å²) in [7, 11) is 2.19. The van der Waals surface area contributed by atoms with Gasteiger partial charge in [-0.05, 0) is 56.6 Å². The number of carbonyl (C=O) groups excluding carboxylic acids is 1. The Kier molecular flexibility index (Phi) is 3.60. The van der Waals surface area contributed by atoms with Crippen molar-refractivity contribution in [3.63, 3.8) is 0 Å². The van der Waals surface area contributed by atoms with Crippen molar-refractivity contribution in [1.82, 2.24) is 14.8 Å². The van der Waals surface area contributed by atoms with E-state index >= 15 is 0 Å². The van der Waals surface area contributed by atoms with Crippen molar-refractivity contribution >= 4 is 22.4 Å². The molecule has 0 spiro atoms. The average molecular weight is 387 g/mol. The second kappa shape index (κ2) is 6.10. The van der Waals surface area contributed by atoms with Gasteiger partial charge < -0.3 is 19.2 Å². The number of fused-ring (bicyclic) bond motifs is 3. The zero-order valence-electron chi connectivity index (χ0n) is 16.9. The molecule has 5 heteroatoms. The van der Waals surface area contributed by atoms with Gasteiger partial charge in [0.1, 0.15) is 5.76 Å². The first-order valence-corrected chi connectivity index (χ1v) is 10.5. The molecule has 0 bridgehead atoms. The minimum absolute atomic E-state index is 0.0996. The zero-order chi connectivity index (χ0) is 19.7. The summed E-state index contributed by atoms with van der Waals surface area (Å²) < 4.78 is 8.46. The van der Waals surface area contributed by atoms with Crippen molar-refractivity contribution in [3.05, 3.63) is 64.7 Å². The highest BCUT2D eigenvalue weighted by Gasteiger charge is 2.33. The van der Waals surface area contributed by atoms with Crippen molar-refractivity contribution in [2.24, 2.45) is 0 Å². The van der Waals surface area contributed by atoms with Crippen LogP contribution < -0.4 is 5.32 Å². The highest BCUT2D eigenvalue weighted by Crippen LogP contribution is 2.42. The summed E-state index contributed by atoms with van der Waals surface area (Å²) in [6, 6.07) is 10.8. The van der Waals surface area contributed by atoms with E-state index in [0.717, 1.165) is 43.8 Å². The van der Waals surface area contributed by atoms with Crippen LogP contribution in [-0.2, 0) is 13.1 Å². The van der Waals surface area contributed by atoms with Crippen LogP contribution in [0.4, 0.5) is 0 Å². The molecule has 1 atom stereocenters. The third-order valence-corrected chi connectivity index (χ3v) is 6.45. The summed E-state index contributed by atoms with van der Waals surface area (Å²) in [4.78, 5) is 14.7. The first-order valence-electron chi connectivity index (χ1n) is 10.5. The van der Waals surface area contributed by atoms with Gasteiger partial charge in [-0.2, -0.15) is 0 Å². The Bertz CT molecular complexity index is 1180. The molecule has 1 saturated carbocycles. The van der Waals surface area contributed by atoms with Gasteiger partial charge in [-0.3, -0.25) is 4.79 Å². The van der Waals surface area contributed by atoms with Gasteiger partial charge in [0.05, 0.1) is 6.54 Å². The first-order chi connectivity index (χ1) is 14.1. The molecule has 29 heavy (non-hydrogen) atoms. The molecule has 1 aromatic carbocycles. The lowest BCUT2D eigenvalue weighted by atomic mass is 9.90. The molecule has 0 saturated heterocycles. The number of hydrogen-bond acceptors (Lipinski definition) is 3.